The number of aromatic nitrogens is 1. The van der Waals surface area contributed by atoms with Gasteiger partial charge in [0.1, 0.15) is 0 Å². The van der Waals surface area contributed by atoms with Gasteiger partial charge in [-0.05, 0) is 51.6 Å². The van der Waals surface area contributed by atoms with Crippen molar-refractivity contribution in [1.29, 1.82) is 0 Å². The minimum Gasteiger partial charge on any atom is -0.357 e. The maximum absolute atomic E-state index is 4.77. The van der Waals surface area contributed by atoms with E-state index < -0.39 is 0 Å². The number of benzene rings is 1. The number of hydrogen-bond acceptors (Lipinski definition) is 4. The third-order valence-corrected chi connectivity index (χ3v) is 6.27. The predicted molar refractivity (Wildman–Crippen MR) is 135 cm³/mol. The molecule has 2 N–H and O–H groups in total. The number of aryl methyl sites for hydroxylation is 2. The third-order valence-electron chi connectivity index (χ3n) is 5.21. The first-order chi connectivity index (χ1) is 13.6. The number of guanidine groups is 1. The summed E-state index contributed by atoms with van der Waals surface area (Å²) in [5.74, 6) is 1.60. The van der Waals surface area contributed by atoms with Crippen molar-refractivity contribution in [2.45, 2.75) is 40.2 Å². The van der Waals surface area contributed by atoms with E-state index in [9.17, 15) is 0 Å². The summed E-state index contributed by atoms with van der Waals surface area (Å²) in [4.78, 5) is 13.1. The Hall–Kier alpha value is -1.19. The molecule has 0 aliphatic carbocycles. The van der Waals surface area contributed by atoms with Gasteiger partial charge in [0.05, 0.1) is 17.2 Å². The molecule has 0 saturated carbocycles. The van der Waals surface area contributed by atoms with Crippen LogP contribution in [0.4, 0.5) is 0 Å². The highest BCUT2D eigenvalue weighted by atomic mass is 127. The molecular weight excluding hydrogens is 493 g/mol. The van der Waals surface area contributed by atoms with Gasteiger partial charge in [-0.25, -0.2) is 9.98 Å². The van der Waals surface area contributed by atoms with Crippen LogP contribution in [0.1, 0.15) is 34.5 Å². The van der Waals surface area contributed by atoms with E-state index in [1.54, 1.807) is 11.3 Å². The molecule has 5 nitrogen and oxygen atoms in total. The molecule has 2 heterocycles. The van der Waals surface area contributed by atoms with Crippen LogP contribution in [0.15, 0.2) is 35.3 Å². The van der Waals surface area contributed by atoms with E-state index in [0.717, 1.165) is 42.7 Å². The van der Waals surface area contributed by atoms with Crippen molar-refractivity contribution >= 4 is 41.3 Å². The van der Waals surface area contributed by atoms with Gasteiger partial charge in [0.2, 0.25) is 0 Å². The third kappa shape index (κ3) is 7.86. The van der Waals surface area contributed by atoms with Crippen molar-refractivity contribution in [3.05, 3.63) is 51.5 Å². The maximum atomic E-state index is 4.77. The van der Waals surface area contributed by atoms with E-state index in [1.807, 2.05) is 0 Å². The number of rotatable bonds is 8. The molecule has 29 heavy (non-hydrogen) atoms. The fraction of sp³-hybridized carbons (Fsp3) is 0.545. The lowest BCUT2D eigenvalue weighted by Crippen LogP contribution is -2.40. The first-order valence-electron chi connectivity index (χ1n) is 10.4. The minimum absolute atomic E-state index is 0. The summed E-state index contributed by atoms with van der Waals surface area (Å²) < 4.78 is 0. The molecule has 3 rings (SSSR count). The van der Waals surface area contributed by atoms with Crippen LogP contribution < -0.4 is 10.6 Å². The highest BCUT2D eigenvalue weighted by Gasteiger charge is 2.22. The summed E-state index contributed by atoms with van der Waals surface area (Å²) in [6.45, 7) is 12.3. The summed E-state index contributed by atoms with van der Waals surface area (Å²) in [5.41, 5.74) is 2.53. The number of thiazole rings is 1. The molecule has 1 fully saturated rings. The van der Waals surface area contributed by atoms with E-state index in [4.69, 9.17) is 4.99 Å². The first-order valence-corrected chi connectivity index (χ1v) is 11.2. The van der Waals surface area contributed by atoms with Gasteiger partial charge >= 0.3 is 0 Å². The number of hydrogen-bond donors (Lipinski definition) is 2. The Morgan fingerprint density at radius 1 is 1.24 bits per heavy atom. The summed E-state index contributed by atoms with van der Waals surface area (Å²) >= 11 is 1.74. The molecule has 1 atom stereocenters. The van der Waals surface area contributed by atoms with Crippen LogP contribution in [-0.2, 0) is 13.0 Å². The molecule has 0 radical (unpaired) electrons. The van der Waals surface area contributed by atoms with E-state index in [0.29, 0.717) is 12.5 Å². The SMILES string of the molecule is CCNC(=NCc1sc(C)nc1C)NCC1CCN(CCc2ccccc2)C1.I. The van der Waals surface area contributed by atoms with Gasteiger partial charge in [0.15, 0.2) is 5.96 Å². The predicted octanol–water partition coefficient (Wildman–Crippen LogP) is 4.00. The van der Waals surface area contributed by atoms with Gasteiger partial charge in [-0.15, -0.1) is 35.3 Å². The fourth-order valence-corrected chi connectivity index (χ4v) is 4.53. The Kier molecular flexibility index (Phi) is 10.4. The Labute approximate surface area is 196 Å². The summed E-state index contributed by atoms with van der Waals surface area (Å²) in [7, 11) is 0. The Bertz CT molecular complexity index is 762. The highest BCUT2D eigenvalue weighted by molar-refractivity contribution is 14.0. The van der Waals surface area contributed by atoms with E-state index in [2.05, 4.69) is 71.6 Å². The molecule has 160 valence electrons. The Morgan fingerprint density at radius 3 is 2.72 bits per heavy atom. The van der Waals surface area contributed by atoms with Crippen molar-refractivity contribution in [2.24, 2.45) is 10.9 Å². The number of nitrogens with zero attached hydrogens (tertiary/aromatic N) is 3. The van der Waals surface area contributed by atoms with E-state index in [-0.39, 0.29) is 24.0 Å². The van der Waals surface area contributed by atoms with Crippen LogP contribution in [0.25, 0.3) is 0 Å². The van der Waals surface area contributed by atoms with Gasteiger partial charge in [0, 0.05) is 31.1 Å². The molecule has 0 spiro atoms. The van der Waals surface area contributed by atoms with Crippen molar-refractivity contribution in [2.75, 3.05) is 32.7 Å². The van der Waals surface area contributed by atoms with Crippen LogP contribution in [0.2, 0.25) is 0 Å². The zero-order valence-corrected chi connectivity index (χ0v) is 20.9. The van der Waals surface area contributed by atoms with Crippen molar-refractivity contribution < 1.29 is 0 Å². The summed E-state index contributed by atoms with van der Waals surface area (Å²) in [5, 5.41) is 8.03. The highest BCUT2D eigenvalue weighted by Crippen LogP contribution is 2.18. The molecule has 1 aliphatic heterocycles. The average Bonchev–Trinajstić information content (AvgIpc) is 3.28. The Morgan fingerprint density at radius 2 is 2.03 bits per heavy atom. The normalized spacial score (nSPS) is 17.2. The zero-order chi connectivity index (χ0) is 19.8. The number of aliphatic imine (C=N–C) groups is 1. The largest absolute Gasteiger partial charge is 0.357 e. The molecular formula is C22H34IN5S. The van der Waals surface area contributed by atoms with Gasteiger partial charge in [-0.2, -0.15) is 0 Å². The smallest absolute Gasteiger partial charge is 0.191 e. The topological polar surface area (TPSA) is 52.6 Å². The lowest BCUT2D eigenvalue weighted by molar-refractivity contribution is 0.328. The second kappa shape index (κ2) is 12.5. The van der Waals surface area contributed by atoms with Crippen molar-refractivity contribution in [1.82, 2.24) is 20.5 Å². The minimum atomic E-state index is 0. The first kappa shape index (κ1) is 24.1. The van der Waals surface area contributed by atoms with E-state index >= 15 is 0 Å². The van der Waals surface area contributed by atoms with Gasteiger partial charge < -0.3 is 15.5 Å². The monoisotopic (exact) mass is 527 g/mol. The molecule has 1 unspecified atom stereocenters. The Balaban J connectivity index is 0.00000300. The lowest BCUT2D eigenvalue weighted by Gasteiger charge is -2.17. The summed E-state index contributed by atoms with van der Waals surface area (Å²) in [6, 6.07) is 10.8. The van der Waals surface area contributed by atoms with E-state index in [1.165, 1.54) is 30.0 Å². The van der Waals surface area contributed by atoms with Gasteiger partial charge in [-0.3, -0.25) is 0 Å². The molecule has 0 bridgehead atoms. The summed E-state index contributed by atoms with van der Waals surface area (Å²) in [6.07, 6.45) is 2.40. The average molecular weight is 528 g/mol. The number of halogens is 1. The molecule has 0 amide bonds. The van der Waals surface area contributed by atoms with Crippen LogP contribution in [0.5, 0.6) is 0 Å². The van der Waals surface area contributed by atoms with Crippen molar-refractivity contribution in [3.8, 4) is 0 Å². The van der Waals surface area contributed by atoms with Crippen LogP contribution in [0, 0.1) is 19.8 Å². The number of likely N-dealkylation sites (tertiary alicyclic amines) is 1. The standard InChI is InChI=1S/C22H33N5S.HI/c1-4-23-22(25-15-21-17(2)26-18(3)28-21)24-14-20-11-13-27(16-20)12-10-19-8-6-5-7-9-19;/h5-9,20H,4,10-16H2,1-3H3,(H2,23,24,25);1H. The quantitative estimate of drug-likeness (QED) is 0.310. The van der Waals surface area contributed by atoms with Gasteiger partial charge in [-0.1, -0.05) is 30.3 Å². The number of nitrogens with one attached hydrogen (secondary N) is 2. The molecule has 1 aliphatic rings. The van der Waals surface area contributed by atoms with Crippen molar-refractivity contribution in [3.63, 3.8) is 0 Å². The molecule has 1 aromatic heterocycles. The lowest BCUT2D eigenvalue weighted by atomic mass is 10.1. The zero-order valence-electron chi connectivity index (χ0n) is 17.8. The second-order valence-corrected chi connectivity index (χ2v) is 8.80. The maximum Gasteiger partial charge on any atom is 0.191 e. The second-order valence-electron chi connectivity index (χ2n) is 7.51. The molecule has 2 aromatic rings. The fourth-order valence-electron chi connectivity index (χ4n) is 3.67. The van der Waals surface area contributed by atoms with Crippen LogP contribution >= 0.6 is 35.3 Å². The van der Waals surface area contributed by atoms with Crippen LogP contribution in [-0.4, -0.2) is 48.6 Å². The van der Waals surface area contributed by atoms with Gasteiger partial charge in [0.25, 0.3) is 0 Å². The molecule has 7 heteroatoms. The van der Waals surface area contributed by atoms with Crippen LogP contribution in [0.3, 0.4) is 0 Å². The molecule has 1 aromatic carbocycles. The molecule has 1 saturated heterocycles.